The Morgan fingerprint density at radius 1 is 0.844 bits per heavy atom. The minimum Gasteiger partial charge on any atom is -0.497 e. The Balaban J connectivity index is 1.52. The number of hydrogen-bond acceptors (Lipinski definition) is 6. The van der Waals surface area contributed by atoms with Crippen molar-refractivity contribution in [1.82, 2.24) is 0 Å². The van der Waals surface area contributed by atoms with Gasteiger partial charge in [0.05, 0.1) is 14.2 Å². The fourth-order valence-electron chi connectivity index (χ4n) is 2.77. The van der Waals surface area contributed by atoms with E-state index in [9.17, 15) is 9.59 Å². The summed E-state index contributed by atoms with van der Waals surface area (Å²) in [5, 5.41) is 2.67. The molecule has 0 fully saturated rings. The van der Waals surface area contributed by atoms with Crippen LogP contribution in [0.2, 0.25) is 0 Å². The van der Waals surface area contributed by atoms with Crippen molar-refractivity contribution < 1.29 is 28.5 Å². The van der Waals surface area contributed by atoms with Crippen LogP contribution in [0.3, 0.4) is 0 Å². The van der Waals surface area contributed by atoms with Gasteiger partial charge in [-0.25, -0.2) is 4.79 Å². The van der Waals surface area contributed by atoms with Crippen molar-refractivity contribution in [3.8, 4) is 23.0 Å². The molecule has 0 aliphatic heterocycles. The van der Waals surface area contributed by atoms with E-state index in [-0.39, 0.29) is 0 Å². The number of methoxy groups -OCH3 is 2. The summed E-state index contributed by atoms with van der Waals surface area (Å²) in [5.74, 6) is 1.32. The molecule has 3 rings (SSSR count). The van der Waals surface area contributed by atoms with E-state index in [4.69, 9.17) is 18.9 Å². The topological polar surface area (TPSA) is 83.1 Å². The fraction of sp³-hybridized carbons (Fsp3) is 0.120. The van der Waals surface area contributed by atoms with Gasteiger partial charge in [0.2, 0.25) is 0 Å². The summed E-state index contributed by atoms with van der Waals surface area (Å²) >= 11 is 0. The fourth-order valence-corrected chi connectivity index (χ4v) is 2.77. The lowest BCUT2D eigenvalue weighted by atomic mass is 10.1. The zero-order chi connectivity index (χ0) is 22.8. The molecular weight excluding hydrogens is 410 g/mol. The van der Waals surface area contributed by atoms with Gasteiger partial charge in [-0.1, -0.05) is 24.3 Å². The maximum atomic E-state index is 12.2. The number of esters is 1. The Morgan fingerprint density at radius 3 is 2.38 bits per heavy atom. The molecule has 0 radical (unpaired) electrons. The van der Waals surface area contributed by atoms with Crippen LogP contribution in [0.1, 0.15) is 5.56 Å². The second-order valence-corrected chi connectivity index (χ2v) is 6.54. The van der Waals surface area contributed by atoms with Gasteiger partial charge in [-0.2, -0.15) is 0 Å². The van der Waals surface area contributed by atoms with Gasteiger partial charge in [0.1, 0.15) is 23.0 Å². The minimum atomic E-state index is -0.661. The normalized spacial score (nSPS) is 10.4. The summed E-state index contributed by atoms with van der Waals surface area (Å²) in [7, 11) is 3.08. The summed E-state index contributed by atoms with van der Waals surface area (Å²) in [6, 6.07) is 21.4. The monoisotopic (exact) mass is 433 g/mol. The maximum absolute atomic E-state index is 12.2. The van der Waals surface area contributed by atoms with Crippen LogP contribution in [0.5, 0.6) is 23.0 Å². The average molecular weight is 433 g/mol. The molecule has 0 aliphatic rings. The van der Waals surface area contributed by atoms with E-state index in [0.717, 1.165) is 0 Å². The molecule has 7 nitrogen and oxygen atoms in total. The first-order valence-corrected chi connectivity index (χ1v) is 9.77. The average Bonchev–Trinajstić information content (AvgIpc) is 2.82. The van der Waals surface area contributed by atoms with E-state index in [1.165, 1.54) is 19.3 Å². The van der Waals surface area contributed by atoms with Crippen molar-refractivity contribution in [2.75, 3.05) is 26.1 Å². The van der Waals surface area contributed by atoms with Crippen molar-refractivity contribution in [3.05, 3.63) is 84.4 Å². The van der Waals surface area contributed by atoms with Crippen molar-refractivity contribution in [2.45, 2.75) is 0 Å². The van der Waals surface area contributed by atoms with E-state index in [2.05, 4.69) is 5.32 Å². The van der Waals surface area contributed by atoms with Gasteiger partial charge in [-0.3, -0.25) is 4.79 Å². The first-order valence-electron chi connectivity index (χ1n) is 9.77. The molecule has 164 valence electrons. The summed E-state index contributed by atoms with van der Waals surface area (Å²) in [4.78, 5) is 24.2. The molecule has 3 aromatic carbocycles. The molecule has 1 amide bonds. The number of benzene rings is 3. The second kappa shape index (κ2) is 11.2. The molecule has 0 heterocycles. The highest BCUT2D eigenvalue weighted by atomic mass is 16.5. The number of rotatable bonds is 9. The van der Waals surface area contributed by atoms with Gasteiger partial charge in [0.15, 0.2) is 6.61 Å². The van der Waals surface area contributed by atoms with Crippen LogP contribution in [0.15, 0.2) is 78.9 Å². The molecule has 0 saturated carbocycles. The lowest BCUT2D eigenvalue weighted by Crippen LogP contribution is -2.20. The standard InChI is InChI=1S/C25H23NO6/c1-29-21-12-13-23(30-2)18(15-21)11-14-25(28)31-17-24(27)26-19-7-6-10-22(16-19)32-20-8-4-3-5-9-20/h3-16H,17H2,1-2H3,(H,26,27)/b14-11+. The van der Waals surface area contributed by atoms with E-state index in [1.54, 1.807) is 49.6 Å². The highest BCUT2D eigenvalue weighted by Gasteiger charge is 2.08. The number of carbonyl (C=O) groups is 2. The van der Waals surface area contributed by atoms with E-state index >= 15 is 0 Å². The predicted octanol–water partition coefficient (Wildman–Crippen LogP) is 4.69. The molecule has 7 heteroatoms. The summed E-state index contributed by atoms with van der Waals surface area (Å²) in [5.41, 5.74) is 1.17. The van der Waals surface area contributed by atoms with Gasteiger partial charge in [0.25, 0.3) is 5.91 Å². The Bertz CT molecular complexity index is 1090. The molecule has 0 bridgehead atoms. The highest BCUT2D eigenvalue weighted by molar-refractivity contribution is 5.94. The molecule has 32 heavy (non-hydrogen) atoms. The van der Waals surface area contributed by atoms with Gasteiger partial charge in [-0.15, -0.1) is 0 Å². The molecule has 3 aromatic rings. The predicted molar refractivity (Wildman–Crippen MR) is 121 cm³/mol. The molecule has 0 aromatic heterocycles. The number of hydrogen-bond donors (Lipinski definition) is 1. The number of amides is 1. The third-order valence-corrected chi connectivity index (χ3v) is 4.28. The van der Waals surface area contributed by atoms with Crippen LogP contribution < -0.4 is 19.5 Å². The summed E-state index contributed by atoms with van der Waals surface area (Å²) in [6.07, 6.45) is 2.75. The van der Waals surface area contributed by atoms with Gasteiger partial charge >= 0.3 is 5.97 Å². The molecule has 1 N–H and O–H groups in total. The number of nitrogens with one attached hydrogen (secondary N) is 1. The van der Waals surface area contributed by atoms with Gasteiger partial charge in [-0.05, 0) is 48.5 Å². The summed E-state index contributed by atoms with van der Waals surface area (Å²) in [6.45, 7) is -0.428. The zero-order valence-corrected chi connectivity index (χ0v) is 17.7. The van der Waals surface area contributed by atoms with Gasteiger partial charge < -0.3 is 24.3 Å². The molecular formula is C25H23NO6. The number of ether oxygens (including phenoxy) is 4. The van der Waals surface area contributed by atoms with E-state index in [0.29, 0.717) is 34.2 Å². The van der Waals surface area contributed by atoms with Crippen LogP contribution in [-0.2, 0) is 14.3 Å². The van der Waals surface area contributed by atoms with Gasteiger partial charge in [0, 0.05) is 23.4 Å². The lowest BCUT2D eigenvalue weighted by Gasteiger charge is -2.09. The third-order valence-electron chi connectivity index (χ3n) is 4.28. The largest absolute Gasteiger partial charge is 0.497 e. The number of carbonyl (C=O) groups excluding carboxylic acids is 2. The Morgan fingerprint density at radius 2 is 1.62 bits per heavy atom. The lowest BCUT2D eigenvalue weighted by molar-refractivity contribution is -0.142. The van der Waals surface area contributed by atoms with Crippen LogP contribution in [0.4, 0.5) is 5.69 Å². The van der Waals surface area contributed by atoms with Crippen LogP contribution in [0, 0.1) is 0 Å². The quantitative estimate of drug-likeness (QED) is 0.389. The summed E-state index contributed by atoms with van der Waals surface area (Å²) < 4.78 is 21.2. The van der Waals surface area contributed by atoms with Crippen molar-refractivity contribution in [2.24, 2.45) is 0 Å². The maximum Gasteiger partial charge on any atom is 0.331 e. The first kappa shape index (κ1) is 22.4. The van der Waals surface area contributed by atoms with Crippen LogP contribution in [-0.4, -0.2) is 32.7 Å². The van der Waals surface area contributed by atoms with Crippen LogP contribution in [0.25, 0.3) is 6.08 Å². The highest BCUT2D eigenvalue weighted by Crippen LogP contribution is 2.25. The van der Waals surface area contributed by atoms with Crippen molar-refractivity contribution >= 4 is 23.6 Å². The first-order chi connectivity index (χ1) is 15.6. The third kappa shape index (κ3) is 6.63. The van der Waals surface area contributed by atoms with E-state index < -0.39 is 18.5 Å². The number of anilines is 1. The van der Waals surface area contributed by atoms with Crippen molar-refractivity contribution in [1.29, 1.82) is 0 Å². The second-order valence-electron chi connectivity index (χ2n) is 6.54. The van der Waals surface area contributed by atoms with E-state index in [1.807, 2.05) is 30.3 Å². The number of para-hydroxylation sites is 1. The van der Waals surface area contributed by atoms with Crippen molar-refractivity contribution in [3.63, 3.8) is 0 Å². The molecule has 0 saturated heterocycles. The minimum absolute atomic E-state index is 0.428. The molecule has 0 atom stereocenters. The Hall–Kier alpha value is -4.26. The van der Waals surface area contributed by atoms with Crippen LogP contribution >= 0.6 is 0 Å². The SMILES string of the molecule is COc1ccc(OC)c(/C=C/C(=O)OCC(=O)Nc2cccc(Oc3ccccc3)c2)c1. The molecule has 0 unspecified atom stereocenters. The zero-order valence-electron chi connectivity index (χ0n) is 17.7. The molecule has 0 spiro atoms. The molecule has 0 aliphatic carbocycles. The Labute approximate surface area is 186 Å². The smallest absolute Gasteiger partial charge is 0.331 e. The Kier molecular flexibility index (Phi) is 7.86.